The number of methoxy groups -OCH3 is 1. The maximum Gasteiger partial charge on any atom is 0.276 e. The van der Waals surface area contributed by atoms with Crippen molar-refractivity contribution in [2.75, 3.05) is 77.3 Å². The summed E-state index contributed by atoms with van der Waals surface area (Å²) in [7, 11) is 3.23. The Morgan fingerprint density at radius 1 is 0.824 bits per heavy atom. The number of morpholine rings is 1. The second kappa shape index (κ2) is 24.9. The van der Waals surface area contributed by atoms with Crippen molar-refractivity contribution in [3.8, 4) is 11.5 Å². The fourth-order valence-electron chi connectivity index (χ4n) is 8.84. The normalized spacial score (nSPS) is 14.1. The van der Waals surface area contributed by atoms with Crippen molar-refractivity contribution < 1.29 is 38.2 Å². The van der Waals surface area contributed by atoms with Crippen molar-refractivity contribution in [2.45, 2.75) is 86.7 Å². The minimum atomic E-state index is -0.647. The fourth-order valence-corrected chi connectivity index (χ4v) is 8.84. The zero-order chi connectivity index (χ0) is 53.9. The summed E-state index contributed by atoms with van der Waals surface area (Å²) in [6, 6.07) is 9.84. The van der Waals surface area contributed by atoms with E-state index in [1.54, 1.807) is 56.2 Å². The topological polar surface area (TPSA) is 293 Å². The van der Waals surface area contributed by atoms with Crippen LogP contribution < -0.4 is 37.3 Å². The third-order valence-corrected chi connectivity index (χ3v) is 12.1. The number of likely N-dealkylation sites (tertiary alicyclic amines) is 1. The summed E-state index contributed by atoms with van der Waals surface area (Å²) in [4.78, 5) is 74.1. The average Bonchev–Trinajstić information content (AvgIpc) is 4.14. The van der Waals surface area contributed by atoms with Crippen LogP contribution in [0.1, 0.15) is 94.1 Å². The lowest BCUT2D eigenvalue weighted by Crippen LogP contribution is -2.70. The summed E-state index contributed by atoms with van der Waals surface area (Å²) in [6.45, 7) is 20.0. The van der Waals surface area contributed by atoms with E-state index in [1.807, 2.05) is 44.4 Å². The summed E-state index contributed by atoms with van der Waals surface area (Å²) in [5.74, 6) is 0.672. The number of carbonyl (C=O) groups is 5. The maximum atomic E-state index is 13.6. The van der Waals surface area contributed by atoms with Crippen molar-refractivity contribution in [3.05, 3.63) is 82.5 Å². The zero-order valence-corrected chi connectivity index (χ0v) is 43.9. The Hall–Kier alpha value is -7.63. The number of primary amides is 2. The highest BCUT2D eigenvalue weighted by molar-refractivity contribution is 6.04. The lowest BCUT2D eigenvalue weighted by atomic mass is 9.91. The van der Waals surface area contributed by atoms with Gasteiger partial charge in [0.2, 0.25) is 29.6 Å². The first kappa shape index (κ1) is 55.7. The number of benzene rings is 2. The summed E-state index contributed by atoms with van der Waals surface area (Å²) in [6.07, 6.45) is 5.35. The number of carbonyl (C=O) groups excluding carboxylic acids is 5. The number of nitrogens with zero attached hydrogens (tertiary/aromatic N) is 10. The van der Waals surface area contributed by atoms with Crippen molar-refractivity contribution in [1.82, 2.24) is 48.5 Å². The molecule has 2 aliphatic rings. The van der Waals surface area contributed by atoms with Crippen LogP contribution in [0.25, 0.3) is 22.1 Å². The van der Waals surface area contributed by atoms with Gasteiger partial charge in [0.1, 0.15) is 39.5 Å². The van der Waals surface area contributed by atoms with E-state index >= 15 is 0 Å². The number of rotatable bonds is 19. The van der Waals surface area contributed by atoms with Gasteiger partial charge in [0.05, 0.1) is 55.8 Å². The highest BCUT2D eigenvalue weighted by Crippen LogP contribution is 2.34. The number of anilines is 2. The number of aryl methyl sites for hydroxylation is 4. The molecule has 2 aliphatic heterocycles. The standard InChI is InChI=1S/C40H51N13O7.C7H10N2O.C4H10/c1-5-53-29(15-24(2)48-53)37(57)47-39-46-27-16-25(35(42)55)18-30(58-4)33(27)52(39)11-7-6-10-51-34-28(45-38(51)44-3)17-26(36(43)56)19-31(34)59-13-8-9-49-21-40(22-49)23-50(12-14-60-40)32(54)20-41;1-3-9-7(5-10)4-6(2)8-9;1-4(2)3/h6-7,15-19H,5,8-14,20-23,41H2,1-4H3,(H2,42,55)(H2,43,56)(H,44,45)(H,46,47,57);4-5H,3H2,1-2H3;4H,1-3H3/b7-6+;;. The molecule has 74 heavy (non-hydrogen) atoms. The monoisotopic (exact) mass is 1020 g/mol. The summed E-state index contributed by atoms with van der Waals surface area (Å²) >= 11 is 0. The van der Waals surface area contributed by atoms with Gasteiger partial charge in [-0.05, 0) is 76.4 Å². The van der Waals surface area contributed by atoms with Crippen LogP contribution in [0.5, 0.6) is 11.5 Å². The molecule has 2 saturated heterocycles. The Morgan fingerprint density at radius 2 is 1.39 bits per heavy atom. The van der Waals surface area contributed by atoms with E-state index in [2.05, 4.69) is 51.5 Å². The van der Waals surface area contributed by atoms with Crippen LogP contribution >= 0.6 is 0 Å². The van der Waals surface area contributed by atoms with Gasteiger partial charge in [-0.15, -0.1) is 0 Å². The van der Waals surface area contributed by atoms with E-state index in [0.717, 1.165) is 31.0 Å². The molecule has 0 bridgehead atoms. The van der Waals surface area contributed by atoms with Crippen molar-refractivity contribution in [1.29, 1.82) is 0 Å². The Bertz CT molecular complexity index is 2990. The van der Waals surface area contributed by atoms with E-state index < -0.39 is 17.7 Å². The molecule has 2 fully saturated rings. The maximum absolute atomic E-state index is 13.6. The second-order valence-corrected chi connectivity index (χ2v) is 18.7. The van der Waals surface area contributed by atoms with Crippen LogP contribution in [-0.4, -0.2) is 151 Å². The largest absolute Gasteiger partial charge is 0.494 e. The Labute approximate surface area is 430 Å². The highest BCUT2D eigenvalue weighted by Gasteiger charge is 2.47. The second-order valence-electron chi connectivity index (χ2n) is 18.7. The van der Waals surface area contributed by atoms with Crippen LogP contribution in [-0.2, 0) is 35.7 Å². The molecule has 0 aliphatic carbocycles. The molecule has 6 aromatic rings. The number of hydrogen-bond acceptors (Lipinski definition) is 15. The number of fused-ring (bicyclic) bond motifs is 2. The first-order valence-corrected chi connectivity index (χ1v) is 24.8. The minimum absolute atomic E-state index is 0.0120. The van der Waals surface area contributed by atoms with Crippen molar-refractivity contribution in [3.63, 3.8) is 0 Å². The zero-order valence-electron chi connectivity index (χ0n) is 43.9. The number of imidazole rings is 2. The molecule has 0 atom stereocenters. The van der Waals surface area contributed by atoms with Gasteiger partial charge in [0.25, 0.3) is 5.91 Å². The van der Waals surface area contributed by atoms with Gasteiger partial charge in [-0.2, -0.15) is 10.2 Å². The van der Waals surface area contributed by atoms with Gasteiger partial charge in [-0.1, -0.05) is 32.9 Å². The van der Waals surface area contributed by atoms with E-state index in [4.69, 9.17) is 36.4 Å². The van der Waals surface area contributed by atoms with Gasteiger partial charge in [-0.3, -0.25) is 43.6 Å². The average molecular weight is 1020 g/mol. The highest BCUT2D eigenvalue weighted by atomic mass is 16.5. The lowest BCUT2D eigenvalue weighted by Gasteiger charge is -2.54. The molecule has 2 aromatic carbocycles. The molecular weight excluding hydrogens is 951 g/mol. The van der Waals surface area contributed by atoms with E-state index in [9.17, 15) is 24.0 Å². The quantitative estimate of drug-likeness (QED) is 0.0435. The molecule has 23 heteroatoms. The number of nitrogens with two attached hydrogens (primary N) is 3. The van der Waals surface area contributed by atoms with Crippen molar-refractivity contribution >= 4 is 63.9 Å². The van der Waals surface area contributed by atoms with Gasteiger partial charge in [-0.25, -0.2) is 9.97 Å². The number of allylic oxidation sites excluding steroid dienone is 2. The van der Waals surface area contributed by atoms with Gasteiger partial charge < -0.3 is 50.8 Å². The number of hydrogen-bond donors (Lipinski definition) is 5. The van der Waals surface area contributed by atoms with Crippen LogP contribution in [0.4, 0.5) is 11.9 Å². The van der Waals surface area contributed by atoms with Crippen molar-refractivity contribution in [2.24, 2.45) is 23.1 Å². The number of amides is 4. The molecule has 0 saturated carbocycles. The number of aromatic nitrogens is 8. The Morgan fingerprint density at radius 3 is 1.95 bits per heavy atom. The first-order valence-electron chi connectivity index (χ1n) is 24.8. The van der Waals surface area contributed by atoms with Gasteiger partial charge >= 0.3 is 0 Å². The molecule has 1 spiro atoms. The molecule has 6 heterocycles. The number of ether oxygens (including phenoxy) is 3. The van der Waals surface area contributed by atoms with E-state index in [-0.39, 0.29) is 41.7 Å². The van der Waals surface area contributed by atoms with Crippen LogP contribution in [0.2, 0.25) is 0 Å². The van der Waals surface area contributed by atoms with Gasteiger partial charge in [0, 0.05) is 70.5 Å². The minimum Gasteiger partial charge on any atom is -0.494 e. The third-order valence-electron chi connectivity index (χ3n) is 12.1. The Kier molecular flexibility index (Phi) is 18.7. The Balaban J connectivity index is 0.000000555. The molecule has 0 unspecified atom stereocenters. The SMILES string of the molecule is CC(C)C.CCn1nc(C)cc1C(=O)Nc1nc2cc(C(N)=O)cc(OC)c2n1C/C=C/Cn1c(NC)nc2cc(C(N)=O)cc(OCCCN3CC4(C3)CN(C(=O)CN)CCO4)c21.CCn1nc(C)cc1C=O. The number of aldehydes is 1. The van der Waals surface area contributed by atoms with Gasteiger partial charge in [0.15, 0.2) is 6.29 Å². The smallest absolute Gasteiger partial charge is 0.276 e. The predicted molar refractivity (Wildman–Crippen MR) is 282 cm³/mol. The van der Waals surface area contributed by atoms with Crippen LogP contribution in [0, 0.1) is 19.8 Å². The van der Waals surface area contributed by atoms with E-state index in [0.29, 0.717) is 115 Å². The predicted octanol–water partition coefficient (Wildman–Crippen LogP) is 3.99. The lowest BCUT2D eigenvalue weighted by molar-refractivity contribution is -0.188. The van der Waals surface area contributed by atoms with E-state index in [1.165, 1.54) is 13.2 Å². The summed E-state index contributed by atoms with van der Waals surface area (Å²) in [5.41, 5.74) is 21.8. The third kappa shape index (κ3) is 13.1. The molecule has 4 aromatic heterocycles. The fraction of sp³-hybridized carbons (Fsp3) is 0.471. The van der Waals surface area contributed by atoms with Crippen LogP contribution in [0.15, 0.2) is 48.6 Å². The first-order chi connectivity index (χ1) is 35.4. The summed E-state index contributed by atoms with van der Waals surface area (Å²) < 4.78 is 25.1. The molecule has 4 amide bonds. The van der Waals surface area contributed by atoms with Crippen LogP contribution in [0.3, 0.4) is 0 Å². The molecular formula is C51H71N15O8. The molecule has 8 rings (SSSR count). The molecule has 8 N–H and O–H groups in total. The molecule has 23 nitrogen and oxygen atoms in total. The molecule has 398 valence electrons. The summed E-state index contributed by atoms with van der Waals surface area (Å²) in [5, 5.41) is 14.5. The molecule has 0 radical (unpaired) electrons. The number of nitrogens with one attached hydrogen (secondary N) is 2.